The average molecular weight is 209 g/mol. The van der Waals surface area contributed by atoms with Crippen molar-refractivity contribution in [2.75, 3.05) is 6.54 Å². The number of nitrogens with two attached hydrogens (primary N) is 1. The Labute approximate surface area is 90.5 Å². The van der Waals surface area contributed by atoms with E-state index in [1.807, 2.05) is 6.92 Å². The van der Waals surface area contributed by atoms with Crippen molar-refractivity contribution in [1.82, 2.24) is 5.01 Å². The highest BCUT2D eigenvalue weighted by molar-refractivity contribution is 6.06. The predicted octanol–water partition coefficient (Wildman–Crippen LogP) is 0.968. The fourth-order valence-electron chi connectivity index (χ4n) is 2.20. The van der Waals surface area contributed by atoms with E-state index in [0.717, 1.165) is 12.1 Å². The molecule has 0 saturated heterocycles. The van der Waals surface area contributed by atoms with Gasteiger partial charge in [0.05, 0.1) is 12.0 Å². The van der Waals surface area contributed by atoms with E-state index in [1.54, 1.807) is 5.01 Å². The van der Waals surface area contributed by atoms with E-state index in [-0.39, 0.29) is 17.9 Å². The Morgan fingerprint density at radius 1 is 1.60 bits per heavy atom. The molecule has 2 unspecified atom stereocenters. The summed E-state index contributed by atoms with van der Waals surface area (Å²) in [5.41, 5.74) is 6.43. The topological polar surface area (TPSA) is 58.7 Å². The summed E-state index contributed by atoms with van der Waals surface area (Å²) >= 11 is 0. The first-order valence-corrected chi connectivity index (χ1v) is 5.73. The number of amides is 1. The highest BCUT2D eigenvalue weighted by Crippen LogP contribution is 2.37. The van der Waals surface area contributed by atoms with E-state index in [2.05, 4.69) is 12.0 Å². The number of hydrogen-bond donors (Lipinski definition) is 1. The lowest BCUT2D eigenvalue weighted by atomic mass is 10.0. The molecule has 2 N–H and O–H groups in total. The van der Waals surface area contributed by atoms with Crippen LogP contribution in [-0.2, 0) is 4.79 Å². The maximum Gasteiger partial charge on any atom is 0.251 e. The van der Waals surface area contributed by atoms with E-state index in [1.165, 1.54) is 12.8 Å². The number of nitrogens with zero attached hydrogens (tertiary/aromatic N) is 2. The van der Waals surface area contributed by atoms with Gasteiger partial charge in [-0.1, -0.05) is 0 Å². The van der Waals surface area contributed by atoms with E-state index in [9.17, 15) is 4.79 Å². The largest absolute Gasteiger partial charge is 0.330 e. The molecule has 2 aliphatic rings. The van der Waals surface area contributed by atoms with Gasteiger partial charge in [0.1, 0.15) is 0 Å². The minimum atomic E-state index is -0.0591. The van der Waals surface area contributed by atoms with Crippen LogP contribution in [0.25, 0.3) is 0 Å². The molecule has 1 heterocycles. The van der Waals surface area contributed by atoms with Gasteiger partial charge in [-0.2, -0.15) is 5.10 Å². The summed E-state index contributed by atoms with van der Waals surface area (Å²) in [5, 5.41) is 6.06. The van der Waals surface area contributed by atoms with E-state index in [0.29, 0.717) is 12.5 Å². The molecule has 0 aromatic heterocycles. The molecule has 1 amide bonds. The summed E-state index contributed by atoms with van der Waals surface area (Å²) in [7, 11) is 0. The molecule has 2 atom stereocenters. The summed E-state index contributed by atoms with van der Waals surface area (Å²) < 4.78 is 0. The first kappa shape index (κ1) is 10.6. The van der Waals surface area contributed by atoms with Crippen LogP contribution >= 0.6 is 0 Å². The molecule has 2 rings (SSSR count). The molecule has 0 radical (unpaired) electrons. The van der Waals surface area contributed by atoms with E-state index >= 15 is 0 Å². The van der Waals surface area contributed by atoms with Crippen LogP contribution in [0.5, 0.6) is 0 Å². The van der Waals surface area contributed by atoms with Gasteiger partial charge < -0.3 is 5.73 Å². The summed E-state index contributed by atoms with van der Waals surface area (Å²) in [6.07, 6.45) is 3.20. The van der Waals surface area contributed by atoms with Crippen LogP contribution in [0.15, 0.2) is 5.10 Å². The Kier molecular flexibility index (Phi) is 2.78. The molecule has 0 bridgehead atoms. The molecule has 0 aromatic rings. The second-order valence-electron chi connectivity index (χ2n) is 4.63. The van der Waals surface area contributed by atoms with Crippen molar-refractivity contribution in [3.05, 3.63) is 0 Å². The van der Waals surface area contributed by atoms with Crippen molar-refractivity contribution >= 4 is 11.6 Å². The Hall–Kier alpha value is -0.900. The molecular weight excluding hydrogens is 190 g/mol. The van der Waals surface area contributed by atoms with Crippen LogP contribution < -0.4 is 5.73 Å². The lowest BCUT2D eigenvalue weighted by Gasteiger charge is -2.21. The van der Waals surface area contributed by atoms with Crippen molar-refractivity contribution in [3.8, 4) is 0 Å². The Morgan fingerprint density at radius 3 is 2.80 bits per heavy atom. The quantitative estimate of drug-likeness (QED) is 0.750. The lowest BCUT2D eigenvalue weighted by Crippen LogP contribution is -2.36. The zero-order valence-electron chi connectivity index (χ0n) is 9.44. The number of hydrazone groups is 1. The zero-order chi connectivity index (χ0) is 11.0. The van der Waals surface area contributed by atoms with Gasteiger partial charge >= 0.3 is 0 Å². The van der Waals surface area contributed by atoms with Gasteiger partial charge in [-0.25, -0.2) is 5.01 Å². The summed E-state index contributed by atoms with van der Waals surface area (Å²) in [6.45, 7) is 4.57. The second kappa shape index (κ2) is 3.93. The van der Waals surface area contributed by atoms with Gasteiger partial charge in [0, 0.05) is 5.71 Å². The molecular formula is C11H19N3O. The molecule has 4 heteroatoms. The minimum Gasteiger partial charge on any atom is -0.330 e. The van der Waals surface area contributed by atoms with Crippen LogP contribution in [0.4, 0.5) is 0 Å². The fraction of sp³-hybridized carbons (Fsp3) is 0.818. The monoisotopic (exact) mass is 209 g/mol. The molecule has 1 saturated carbocycles. The van der Waals surface area contributed by atoms with Crippen molar-refractivity contribution in [2.24, 2.45) is 22.7 Å². The highest BCUT2D eigenvalue weighted by atomic mass is 16.2. The molecule has 15 heavy (non-hydrogen) atoms. The third-order valence-electron chi connectivity index (χ3n) is 3.44. The summed E-state index contributed by atoms with van der Waals surface area (Å²) in [5.74, 6) is 0.760. The molecule has 1 fully saturated rings. The molecule has 0 aromatic carbocycles. The van der Waals surface area contributed by atoms with Crippen molar-refractivity contribution < 1.29 is 4.79 Å². The predicted molar refractivity (Wildman–Crippen MR) is 59.3 cm³/mol. The van der Waals surface area contributed by atoms with Gasteiger partial charge in [0.2, 0.25) is 0 Å². The third kappa shape index (κ3) is 1.91. The van der Waals surface area contributed by atoms with Crippen LogP contribution in [-0.4, -0.2) is 29.2 Å². The molecule has 1 aliphatic carbocycles. The first-order valence-electron chi connectivity index (χ1n) is 5.73. The minimum absolute atomic E-state index is 0.0591. The van der Waals surface area contributed by atoms with Crippen LogP contribution in [0.2, 0.25) is 0 Å². The fourth-order valence-corrected chi connectivity index (χ4v) is 2.20. The maximum atomic E-state index is 12.0. The SMILES string of the molecule is CC1=NN(C(C)C2CC2)C(=O)C1CCN. The third-order valence-corrected chi connectivity index (χ3v) is 3.44. The van der Waals surface area contributed by atoms with Gasteiger partial charge in [-0.15, -0.1) is 0 Å². The van der Waals surface area contributed by atoms with Crippen LogP contribution in [0, 0.1) is 11.8 Å². The average Bonchev–Trinajstić information content (AvgIpc) is 3.00. The standard InChI is InChI=1S/C11H19N3O/c1-7-10(5-6-12)11(15)14(13-7)8(2)9-3-4-9/h8-10H,3-6,12H2,1-2H3. The van der Waals surface area contributed by atoms with Crippen molar-refractivity contribution in [3.63, 3.8) is 0 Å². The van der Waals surface area contributed by atoms with E-state index < -0.39 is 0 Å². The Morgan fingerprint density at radius 2 is 2.27 bits per heavy atom. The smallest absolute Gasteiger partial charge is 0.251 e. The number of carbonyl (C=O) groups excluding carboxylic acids is 1. The highest BCUT2D eigenvalue weighted by Gasteiger charge is 2.40. The summed E-state index contributed by atoms with van der Waals surface area (Å²) in [6, 6.07) is 0.273. The van der Waals surface area contributed by atoms with Gasteiger partial charge in [0.15, 0.2) is 0 Å². The first-order chi connectivity index (χ1) is 7.15. The molecule has 84 valence electrons. The zero-order valence-corrected chi connectivity index (χ0v) is 9.44. The molecule has 4 nitrogen and oxygen atoms in total. The number of carbonyl (C=O) groups is 1. The number of rotatable bonds is 4. The van der Waals surface area contributed by atoms with Crippen LogP contribution in [0.3, 0.4) is 0 Å². The van der Waals surface area contributed by atoms with Crippen molar-refractivity contribution in [2.45, 2.75) is 39.2 Å². The van der Waals surface area contributed by atoms with Gasteiger partial charge in [0.25, 0.3) is 5.91 Å². The summed E-state index contributed by atoms with van der Waals surface area (Å²) in [4.78, 5) is 12.0. The van der Waals surface area contributed by atoms with Crippen LogP contribution in [0.1, 0.15) is 33.1 Å². The molecule has 1 aliphatic heterocycles. The lowest BCUT2D eigenvalue weighted by molar-refractivity contribution is -0.134. The number of hydrogen-bond acceptors (Lipinski definition) is 3. The van der Waals surface area contributed by atoms with Gasteiger partial charge in [-0.3, -0.25) is 4.79 Å². The van der Waals surface area contributed by atoms with E-state index in [4.69, 9.17) is 5.73 Å². The normalized spacial score (nSPS) is 28.2. The van der Waals surface area contributed by atoms with Crippen molar-refractivity contribution in [1.29, 1.82) is 0 Å². The Balaban J connectivity index is 2.06. The second-order valence-corrected chi connectivity index (χ2v) is 4.63. The molecule has 0 spiro atoms. The van der Waals surface area contributed by atoms with Gasteiger partial charge in [-0.05, 0) is 45.6 Å². The maximum absolute atomic E-state index is 12.0. The Bertz CT molecular complexity index is 296.